The van der Waals surface area contributed by atoms with Crippen LogP contribution in [0.3, 0.4) is 0 Å². The molecule has 0 spiro atoms. The average Bonchev–Trinajstić information content (AvgIpc) is 2.89. The van der Waals surface area contributed by atoms with Gasteiger partial charge in [0.25, 0.3) is 0 Å². The number of fused-ring (bicyclic) bond motifs is 1. The number of hydrogen-bond acceptors (Lipinski definition) is 3. The largest absolute Gasteiger partial charge is 0.493 e. The fourth-order valence-electron chi connectivity index (χ4n) is 2.99. The Kier molecular flexibility index (Phi) is 4.72. The third-order valence-corrected chi connectivity index (χ3v) is 4.47. The van der Waals surface area contributed by atoms with Crippen LogP contribution in [0, 0.1) is 0 Å². The highest BCUT2D eigenvalue weighted by Gasteiger charge is 2.21. The van der Waals surface area contributed by atoms with E-state index < -0.39 is 0 Å². The fraction of sp³-hybridized carbons (Fsp3) is 0.600. The van der Waals surface area contributed by atoms with Crippen molar-refractivity contribution in [3.8, 4) is 5.75 Å². The van der Waals surface area contributed by atoms with Gasteiger partial charge in [-0.15, -0.1) is 11.6 Å². The Morgan fingerprint density at radius 3 is 2.60 bits per heavy atom. The van der Waals surface area contributed by atoms with E-state index in [0.717, 1.165) is 68.9 Å². The fourth-order valence-corrected chi connectivity index (χ4v) is 3.50. The van der Waals surface area contributed by atoms with Crippen molar-refractivity contribution in [1.82, 2.24) is 9.80 Å². The van der Waals surface area contributed by atoms with Gasteiger partial charge in [0, 0.05) is 62.2 Å². The number of ether oxygens (including phenoxy) is 1. The lowest BCUT2D eigenvalue weighted by molar-refractivity contribution is 0.131. The van der Waals surface area contributed by atoms with Crippen molar-refractivity contribution in [3.05, 3.63) is 28.3 Å². The lowest BCUT2D eigenvalue weighted by Gasteiger charge is -2.34. The summed E-state index contributed by atoms with van der Waals surface area (Å²) in [6, 6.07) is 4.09. The first-order valence-corrected chi connectivity index (χ1v) is 8.12. The van der Waals surface area contributed by atoms with Crippen LogP contribution >= 0.6 is 23.2 Å². The van der Waals surface area contributed by atoms with Gasteiger partial charge in [0.2, 0.25) is 0 Å². The van der Waals surface area contributed by atoms with Gasteiger partial charge in [0.05, 0.1) is 6.61 Å². The van der Waals surface area contributed by atoms with E-state index in [1.165, 1.54) is 11.1 Å². The van der Waals surface area contributed by atoms with E-state index in [2.05, 4.69) is 15.9 Å². The van der Waals surface area contributed by atoms with Crippen molar-refractivity contribution >= 4 is 23.2 Å². The molecule has 0 bridgehead atoms. The van der Waals surface area contributed by atoms with Gasteiger partial charge < -0.3 is 4.74 Å². The summed E-state index contributed by atoms with van der Waals surface area (Å²) in [5.41, 5.74) is 2.49. The van der Waals surface area contributed by atoms with E-state index in [4.69, 9.17) is 27.9 Å². The molecule has 20 heavy (non-hydrogen) atoms. The quantitative estimate of drug-likeness (QED) is 0.795. The number of alkyl halides is 1. The SMILES string of the molecule is ClCCN1CCN(Cc2cc(Cl)cc3c2OCC3)CC1. The topological polar surface area (TPSA) is 15.7 Å². The molecule has 3 nitrogen and oxygen atoms in total. The molecule has 2 heterocycles. The molecular formula is C15H20Cl2N2O. The second-order valence-corrected chi connectivity index (χ2v) is 6.27. The zero-order valence-corrected chi connectivity index (χ0v) is 13.1. The van der Waals surface area contributed by atoms with Crippen molar-refractivity contribution in [1.29, 1.82) is 0 Å². The summed E-state index contributed by atoms with van der Waals surface area (Å²) in [4.78, 5) is 4.89. The van der Waals surface area contributed by atoms with Gasteiger partial charge in [-0.05, 0) is 17.7 Å². The molecule has 1 aromatic rings. The van der Waals surface area contributed by atoms with Crippen molar-refractivity contribution in [3.63, 3.8) is 0 Å². The molecule has 110 valence electrons. The maximum absolute atomic E-state index is 6.21. The second-order valence-electron chi connectivity index (χ2n) is 5.46. The third kappa shape index (κ3) is 3.22. The highest BCUT2D eigenvalue weighted by molar-refractivity contribution is 6.30. The van der Waals surface area contributed by atoms with Gasteiger partial charge in [-0.2, -0.15) is 0 Å². The Bertz CT molecular complexity index is 473. The van der Waals surface area contributed by atoms with E-state index in [0.29, 0.717) is 0 Å². The van der Waals surface area contributed by atoms with E-state index in [1.54, 1.807) is 0 Å². The maximum atomic E-state index is 6.21. The predicted octanol–water partition coefficient (Wildman–Crippen LogP) is 2.63. The van der Waals surface area contributed by atoms with E-state index in [-0.39, 0.29) is 0 Å². The summed E-state index contributed by atoms with van der Waals surface area (Å²) in [6.07, 6.45) is 0.979. The molecule has 0 aliphatic carbocycles. The minimum atomic E-state index is 0.718. The van der Waals surface area contributed by atoms with Gasteiger partial charge in [0.15, 0.2) is 0 Å². The summed E-state index contributed by atoms with van der Waals surface area (Å²) in [5, 5.41) is 0.824. The van der Waals surface area contributed by atoms with Crippen LogP contribution in [-0.4, -0.2) is 55.0 Å². The van der Waals surface area contributed by atoms with Crippen LogP contribution in [0.5, 0.6) is 5.75 Å². The number of halogens is 2. The molecule has 0 atom stereocenters. The van der Waals surface area contributed by atoms with Crippen LogP contribution in [0.15, 0.2) is 12.1 Å². The molecule has 0 unspecified atom stereocenters. The van der Waals surface area contributed by atoms with Gasteiger partial charge in [0.1, 0.15) is 5.75 Å². The van der Waals surface area contributed by atoms with Gasteiger partial charge in [-0.3, -0.25) is 9.80 Å². The molecule has 3 rings (SSSR count). The number of benzene rings is 1. The smallest absolute Gasteiger partial charge is 0.127 e. The predicted molar refractivity (Wildman–Crippen MR) is 83.1 cm³/mol. The van der Waals surface area contributed by atoms with E-state index in [1.807, 2.05) is 6.07 Å². The Morgan fingerprint density at radius 2 is 1.85 bits per heavy atom. The molecule has 0 N–H and O–H groups in total. The van der Waals surface area contributed by atoms with Crippen LogP contribution in [0.25, 0.3) is 0 Å². The Labute approximate surface area is 130 Å². The van der Waals surface area contributed by atoms with Crippen molar-refractivity contribution in [2.45, 2.75) is 13.0 Å². The minimum absolute atomic E-state index is 0.718. The summed E-state index contributed by atoms with van der Waals surface area (Å²) in [7, 11) is 0. The van der Waals surface area contributed by atoms with Crippen LogP contribution in [0.2, 0.25) is 5.02 Å². The Balaban J connectivity index is 1.64. The van der Waals surface area contributed by atoms with Crippen LogP contribution < -0.4 is 4.74 Å². The molecule has 2 aliphatic rings. The number of piperazine rings is 1. The molecule has 0 radical (unpaired) electrons. The molecule has 1 fully saturated rings. The summed E-state index contributed by atoms with van der Waals surface area (Å²) in [5.74, 6) is 1.79. The molecule has 0 aromatic heterocycles. The average molecular weight is 315 g/mol. The summed E-state index contributed by atoms with van der Waals surface area (Å²) < 4.78 is 5.77. The number of rotatable bonds is 4. The van der Waals surface area contributed by atoms with Crippen molar-refractivity contribution in [2.24, 2.45) is 0 Å². The first kappa shape index (κ1) is 14.5. The molecule has 0 saturated carbocycles. The lowest BCUT2D eigenvalue weighted by Crippen LogP contribution is -2.46. The van der Waals surface area contributed by atoms with Crippen LogP contribution in [0.1, 0.15) is 11.1 Å². The third-order valence-electron chi connectivity index (χ3n) is 4.08. The highest BCUT2D eigenvalue weighted by atomic mass is 35.5. The molecule has 0 amide bonds. The van der Waals surface area contributed by atoms with Crippen LogP contribution in [0.4, 0.5) is 0 Å². The number of nitrogens with zero attached hydrogens (tertiary/aromatic N) is 2. The summed E-state index contributed by atoms with van der Waals surface area (Å²) >= 11 is 12.0. The number of hydrogen-bond donors (Lipinski definition) is 0. The van der Waals surface area contributed by atoms with Gasteiger partial charge in [-0.25, -0.2) is 0 Å². The first-order valence-electron chi connectivity index (χ1n) is 7.21. The van der Waals surface area contributed by atoms with Crippen LogP contribution in [-0.2, 0) is 13.0 Å². The second kappa shape index (κ2) is 6.52. The molecule has 2 aliphatic heterocycles. The minimum Gasteiger partial charge on any atom is -0.493 e. The molecular weight excluding hydrogens is 295 g/mol. The molecule has 1 saturated heterocycles. The zero-order chi connectivity index (χ0) is 13.9. The van der Waals surface area contributed by atoms with Crippen molar-refractivity contribution in [2.75, 3.05) is 45.2 Å². The first-order chi connectivity index (χ1) is 9.76. The highest BCUT2D eigenvalue weighted by Crippen LogP contribution is 2.33. The lowest BCUT2D eigenvalue weighted by atomic mass is 10.1. The van der Waals surface area contributed by atoms with E-state index in [9.17, 15) is 0 Å². The zero-order valence-electron chi connectivity index (χ0n) is 11.6. The van der Waals surface area contributed by atoms with E-state index >= 15 is 0 Å². The van der Waals surface area contributed by atoms with Gasteiger partial charge >= 0.3 is 0 Å². The Morgan fingerprint density at radius 1 is 1.10 bits per heavy atom. The standard InChI is InChI=1S/C15H20Cl2N2O/c16-2-3-18-4-6-19(7-5-18)11-13-10-14(17)9-12-1-8-20-15(12)13/h9-10H,1-8,11H2. The molecule has 1 aromatic carbocycles. The molecule has 5 heteroatoms. The Hall–Kier alpha value is -0.480. The monoisotopic (exact) mass is 314 g/mol. The summed E-state index contributed by atoms with van der Waals surface area (Å²) in [6.45, 7) is 7.05. The normalized spacial score (nSPS) is 19.9. The van der Waals surface area contributed by atoms with Crippen molar-refractivity contribution < 1.29 is 4.74 Å². The maximum Gasteiger partial charge on any atom is 0.127 e. The van der Waals surface area contributed by atoms with Gasteiger partial charge in [-0.1, -0.05) is 11.6 Å².